The van der Waals surface area contributed by atoms with Gasteiger partial charge >= 0.3 is 5.97 Å². The van der Waals surface area contributed by atoms with Gasteiger partial charge in [0.25, 0.3) is 0 Å². The Balaban J connectivity index is 0.000000397. The molecule has 1 aliphatic heterocycles. The van der Waals surface area contributed by atoms with E-state index < -0.39 is 12.0 Å². The van der Waals surface area contributed by atoms with Gasteiger partial charge in [0.2, 0.25) is 0 Å². The number of rotatable bonds is 5. The highest BCUT2D eigenvalue weighted by Crippen LogP contribution is 1.94. The number of carboxylic acids is 1. The van der Waals surface area contributed by atoms with Crippen LogP contribution >= 0.6 is 0 Å². The van der Waals surface area contributed by atoms with Crippen LogP contribution in [0.15, 0.2) is 4.99 Å². The molecule has 0 aromatic carbocycles. The van der Waals surface area contributed by atoms with Crippen molar-refractivity contribution in [2.45, 2.75) is 18.9 Å². The highest BCUT2D eigenvalue weighted by atomic mass is 16.5. The molecule has 0 aromatic heterocycles. The number of nitrogens with zero attached hydrogens (tertiary/aromatic N) is 1. The minimum atomic E-state index is -1.00. The second-order valence-electron chi connectivity index (χ2n) is 3.76. The molecule has 8 heteroatoms. The Morgan fingerprint density at radius 3 is 2.33 bits per heavy atom. The van der Waals surface area contributed by atoms with Crippen LogP contribution in [0.4, 0.5) is 0 Å². The molecule has 1 heterocycles. The number of nitrogens with one attached hydrogen (secondary N) is 1. The first-order valence-corrected chi connectivity index (χ1v) is 5.86. The molecule has 0 bridgehead atoms. The van der Waals surface area contributed by atoms with Crippen molar-refractivity contribution in [2.24, 2.45) is 22.2 Å². The fraction of sp³-hybridized carbons (Fsp3) is 0.800. The van der Waals surface area contributed by atoms with Crippen LogP contribution < -0.4 is 22.5 Å². The highest BCUT2D eigenvalue weighted by Gasteiger charge is 2.09. The Hall–Kier alpha value is -1.38. The lowest BCUT2D eigenvalue weighted by atomic mass is 10.2. The van der Waals surface area contributed by atoms with Crippen LogP contribution in [0.3, 0.4) is 0 Å². The molecule has 1 unspecified atom stereocenters. The summed E-state index contributed by atoms with van der Waals surface area (Å²) in [5.74, 6) is -0.987. The van der Waals surface area contributed by atoms with Crippen LogP contribution in [0.1, 0.15) is 12.8 Å². The maximum absolute atomic E-state index is 10.2. The SMILES string of the molecule is C1COCCN1.NC(N)=NCCCC(N)C(=O)O. The molecule has 1 aliphatic rings. The van der Waals surface area contributed by atoms with Gasteiger partial charge in [-0.2, -0.15) is 0 Å². The van der Waals surface area contributed by atoms with Gasteiger partial charge in [0.1, 0.15) is 6.04 Å². The van der Waals surface area contributed by atoms with Gasteiger partial charge in [0.15, 0.2) is 5.96 Å². The summed E-state index contributed by atoms with van der Waals surface area (Å²) in [6.45, 7) is 4.25. The molecular weight excluding hydrogens is 238 g/mol. The Labute approximate surface area is 107 Å². The lowest BCUT2D eigenvalue weighted by Crippen LogP contribution is -2.30. The largest absolute Gasteiger partial charge is 0.480 e. The summed E-state index contributed by atoms with van der Waals surface area (Å²) in [4.78, 5) is 13.9. The molecule has 1 rings (SSSR count). The third-order valence-electron chi connectivity index (χ3n) is 2.13. The average molecular weight is 261 g/mol. The normalized spacial score (nSPS) is 16.1. The maximum atomic E-state index is 10.2. The van der Waals surface area contributed by atoms with Gasteiger partial charge in [0, 0.05) is 19.6 Å². The first kappa shape index (κ1) is 16.6. The van der Waals surface area contributed by atoms with E-state index >= 15 is 0 Å². The Morgan fingerprint density at radius 2 is 2.00 bits per heavy atom. The molecule has 1 atom stereocenters. The van der Waals surface area contributed by atoms with Crippen molar-refractivity contribution in [2.75, 3.05) is 32.8 Å². The summed E-state index contributed by atoms with van der Waals surface area (Å²) in [7, 11) is 0. The molecule has 0 aliphatic carbocycles. The molecule has 0 spiro atoms. The van der Waals surface area contributed by atoms with Gasteiger partial charge in [0.05, 0.1) is 13.2 Å². The van der Waals surface area contributed by atoms with Gasteiger partial charge in [-0.1, -0.05) is 0 Å². The predicted octanol–water partition coefficient (Wildman–Crippen LogP) is -1.94. The first-order valence-electron chi connectivity index (χ1n) is 5.86. The quantitative estimate of drug-likeness (QED) is 0.219. The molecule has 0 amide bonds. The Bertz CT molecular complexity index is 240. The molecular formula is C10H23N5O3. The second-order valence-corrected chi connectivity index (χ2v) is 3.76. The summed E-state index contributed by atoms with van der Waals surface area (Å²) in [5, 5.41) is 11.5. The van der Waals surface area contributed by atoms with E-state index in [0.29, 0.717) is 19.4 Å². The number of nitrogens with two attached hydrogens (primary N) is 3. The van der Waals surface area contributed by atoms with E-state index in [9.17, 15) is 4.79 Å². The number of aliphatic imine (C=N–C) groups is 1. The number of aliphatic carboxylic acids is 1. The number of carboxylic acid groups (broad SMARTS) is 1. The minimum Gasteiger partial charge on any atom is -0.480 e. The molecule has 1 fully saturated rings. The summed E-state index contributed by atoms with van der Waals surface area (Å²) in [6.07, 6.45) is 0.956. The summed E-state index contributed by atoms with van der Waals surface area (Å²) < 4.78 is 5.01. The Morgan fingerprint density at radius 1 is 1.39 bits per heavy atom. The zero-order valence-corrected chi connectivity index (χ0v) is 10.5. The van der Waals surface area contributed by atoms with Crippen molar-refractivity contribution in [3.05, 3.63) is 0 Å². The first-order chi connectivity index (χ1) is 8.54. The third kappa shape index (κ3) is 11.1. The number of guanidine groups is 1. The summed E-state index contributed by atoms with van der Waals surface area (Å²) >= 11 is 0. The molecule has 1 saturated heterocycles. The number of morpholine rings is 1. The maximum Gasteiger partial charge on any atom is 0.320 e. The van der Waals surface area contributed by atoms with Crippen molar-refractivity contribution in [3.8, 4) is 0 Å². The lowest BCUT2D eigenvalue weighted by Gasteiger charge is -2.10. The summed E-state index contributed by atoms with van der Waals surface area (Å²) in [5.41, 5.74) is 15.3. The van der Waals surface area contributed by atoms with E-state index in [1.807, 2.05) is 0 Å². The molecule has 0 saturated carbocycles. The lowest BCUT2D eigenvalue weighted by molar-refractivity contribution is -0.138. The zero-order valence-electron chi connectivity index (χ0n) is 10.5. The molecule has 0 radical (unpaired) electrons. The molecule has 0 aromatic rings. The zero-order chi connectivity index (χ0) is 13.8. The molecule has 18 heavy (non-hydrogen) atoms. The van der Waals surface area contributed by atoms with Crippen LogP contribution in [-0.2, 0) is 9.53 Å². The van der Waals surface area contributed by atoms with Crippen molar-refractivity contribution < 1.29 is 14.6 Å². The van der Waals surface area contributed by atoms with Gasteiger partial charge in [-0.05, 0) is 12.8 Å². The van der Waals surface area contributed by atoms with Gasteiger partial charge < -0.3 is 32.4 Å². The van der Waals surface area contributed by atoms with Crippen LogP contribution in [0.25, 0.3) is 0 Å². The monoisotopic (exact) mass is 261 g/mol. The Kier molecular flexibility index (Phi) is 9.93. The molecule has 106 valence electrons. The van der Waals surface area contributed by atoms with Crippen LogP contribution in [0.5, 0.6) is 0 Å². The topological polar surface area (TPSA) is 149 Å². The van der Waals surface area contributed by atoms with Crippen LogP contribution in [0, 0.1) is 0 Å². The highest BCUT2D eigenvalue weighted by molar-refractivity contribution is 5.75. The fourth-order valence-electron chi connectivity index (χ4n) is 1.16. The predicted molar refractivity (Wildman–Crippen MR) is 69.2 cm³/mol. The molecule has 8 N–H and O–H groups in total. The van der Waals surface area contributed by atoms with Gasteiger partial charge in [-0.25, -0.2) is 0 Å². The van der Waals surface area contributed by atoms with Crippen LogP contribution in [0.2, 0.25) is 0 Å². The summed E-state index contributed by atoms with van der Waals surface area (Å²) in [6, 6.07) is -0.820. The van der Waals surface area contributed by atoms with Gasteiger partial charge in [-0.15, -0.1) is 0 Å². The van der Waals surface area contributed by atoms with E-state index in [4.69, 9.17) is 27.0 Å². The van der Waals surface area contributed by atoms with Crippen molar-refractivity contribution in [3.63, 3.8) is 0 Å². The van der Waals surface area contributed by atoms with E-state index in [1.165, 1.54) is 0 Å². The van der Waals surface area contributed by atoms with Crippen LogP contribution in [-0.4, -0.2) is 55.9 Å². The van der Waals surface area contributed by atoms with E-state index in [-0.39, 0.29) is 5.96 Å². The van der Waals surface area contributed by atoms with E-state index in [2.05, 4.69) is 10.3 Å². The number of hydrogen-bond acceptors (Lipinski definition) is 5. The fourth-order valence-corrected chi connectivity index (χ4v) is 1.16. The second kappa shape index (κ2) is 10.8. The van der Waals surface area contributed by atoms with Gasteiger partial charge in [-0.3, -0.25) is 9.79 Å². The van der Waals surface area contributed by atoms with Crippen molar-refractivity contribution >= 4 is 11.9 Å². The molecule has 8 nitrogen and oxygen atoms in total. The van der Waals surface area contributed by atoms with Crippen molar-refractivity contribution in [1.82, 2.24) is 5.32 Å². The standard InChI is InChI=1S/C6H14N4O2.C4H9NO/c7-4(5(11)12)2-1-3-10-6(8)9;1-3-6-4-2-5-1/h4H,1-3,7H2,(H,11,12)(H4,8,9,10);5H,1-4H2. The average Bonchev–Trinajstić information content (AvgIpc) is 2.37. The van der Waals surface area contributed by atoms with Crippen molar-refractivity contribution in [1.29, 1.82) is 0 Å². The number of ether oxygens (including phenoxy) is 1. The number of carbonyl (C=O) groups is 1. The third-order valence-corrected chi connectivity index (χ3v) is 2.13. The smallest absolute Gasteiger partial charge is 0.320 e. The van der Waals surface area contributed by atoms with E-state index in [1.54, 1.807) is 0 Å². The minimum absolute atomic E-state index is 0.0129. The van der Waals surface area contributed by atoms with E-state index in [0.717, 1.165) is 26.3 Å². The number of hydrogen-bond donors (Lipinski definition) is 5.